The normalized spacial score (nSPS) is 13.7. The maximum atomic E-state index is 2.56. The monoisotopic (exact) mass is 716 g/mol. The molecular weight excluding hydrogens is 666 g/mol. The molecule has 0 spiro atoms. The van der Waals surface area contributed by atoms with Crippen molar-refractivity contribution < 1.29 is 0 Å². The molecule has 0 aliphatic carbocycles. The minimum atomic E-state index is 1.14. The van der Waals surface area contributed by atoms with E-state index < -0.39 is 0 Å². The Labute approximate surface area is 316 Å². The van der Waals surface area contributed by atoms with Gasteiger partial charge in [0.1, 0.15) is 0 Å². The molecule has 0 amide bonds. The van der Waals surface area contributed by atoms with Crippen LogP contribution in [0, 0.1) is 83.1 Å². The van der Waals surface area contributed by atoms with Crippen molar-refractivity contribution in [1.82, 2.24) is 0 Å². The van der Waals surface area contributed by atoms with Gasteiger partial charge in [-0.15, -0.1) is 0 Å². The Balaban J connectivity index is 1.44. The summed E-state index contributed by atoms with van der Waals surface area (Å²) >= 11 is 0. The van der Waals surface area contributed by atoms with Gasteiger partial charge in [-0.25, -0.2) is 0 Å². The van der Waals surface area contributed by atoms with Crippen LogP contribution in [0.2, 0.25) is 0 Å². The minimum Gasteiger partial charge on any atom is -0.280 e. The first-order chi connectivity index (χ1) is 24.7. The van der Waals surface area contributed by atoms with Gasteiger partial charge in [-0.3, -0.25) is 8.88 Å². The van der Waals surface area contributed by atoms with Gasteiger partial charge in [0.05, 0.1) is 11.4 Å². The third-order valence-corrected chi connectivity index (χ3v) is 13.0. The summed E-state index contributed by atoms with van der Waals surface area (Å²) in [6.07, 6.45) is 0. The standard InChI is InChI=1S/C48H50N2P2/c1-27-19-31(5)43(32(6)20-27)39-15-13-16-40(44-33(7)21-28(2)22-34(44)8)47(39)49-51-50(52-49)48-41(45-35(9)23-29(3)24-36(45)10)17-14-18-42(48)46-37(11)25-30(4)26-38(46)12/h13-26H,1-12H3. The zero-order chi connectivity index (χ0) is 37.2. The van der Waals surface area contributed by atoms with Crippen molar-refractivity contribution in [2.45, 2.75) is 83.1 Å². The summed E-state index contributed by atoms with van der Waals surface area (Å²) in [7, 11) is 2.27. The lowest BCUT2D eigenvalue weighted by Gasteiger charge is -2.44. The zero-order valence-corrected chi connectivity index (χ0v) is 34.7. The van der Waals surface area contributed by atoms with Crippen LogP contribution < -0.4 is 8.88 Å². The number of aryl methyl sites for hydroxylation is 12. The molecule has 1 saturated heterocycles. The second-order valence-corrected chi connectivity index (χ2v) is 17.8. The fraction of sp³-hybridized carbons (Fsp3) is 0.250. The van der Waals surface area contributed by atoms with Crippen LogP contribution in [0.4, 0.5) is 11.4 Å². The molecule has 2 nitrogen and oxygen atoms in total. The summed E-state index contributed by atoms with van der Waals surface area (Å²) in [6.45, 7) is 27.0. The maximum Gasteiger partial charge on any atom is 0.177 e. The summed E-state index contributed by atoms with van der Waals surface area (Å²) in [5, 5.41) is 0. The third kappa shape index (κ3) is 6.40. The third-order valence-electron chi connectivity index (χ3n) is 10.6. The van der Waals surface area contributed by atoms with E-state index in [4.69, 9.17) is 0 Å². The Morgan fingerprint density at radius 3 is 0.692 bits per heavy atom. The Bertz CT molecular complexity index is 1990. The summed E-state index contributed by atoms with van der Waals surface area (Å²) in [5.41, 5.74) is 29.0. The molecule has 1 aliphatic heterocycles. The molecule has 0 unspecified atom stereocenters. The molecule has 7 rings (SSSR count). The van der Waals surface area contributed by atoms with Crippen LogP contribution in [-0.4, -0.2) is 0 Å². The largest absolute Gasteiger partial charge is 0.280 e. The van der Waals surface area contributed by atoms with Gasteiger partial charge in [-0.05, 0) is 150 Å². The first-order valence-corrected chi connectivity index (χ1v) is 20.0. The quantitative estimate of drug-likeness (QED) is 0.158. The Morgan fingerprint density at radius 2 is 0.500 bits per heavy atom. The van der Waals surface area contributed by atoms with E-state index in [1.54, 1.807) is 0 Å². The predicted octanol–water partition coefficient (Wildman–Crippen LogP) is 14.9. The van der Waals surface area contributed by atoms with E-state index in [-0.39, 0.29) is 0 Å². The van der Waals surface area contributed by atoms with Crippen LogP contribution in [0.15, 0.2) is 84.9 Å². The van der Waals surface area contributed by atoms with Crippen molar-refractivity contribution in [3.8, 4) is 44.5 Å². The number of hydrogen-bond acceptors (Lipinski definition) is 2. The zero-order valence-electron chi connectivity index (χ0n) is 32.9. The smallest absolute Gasteiger partial charge is 0.177 e. The molecule has 2 radical (unpaired) electrons. The average Bonchev–Trinajstić information content (AvgIpc) is 3.00. The van der Waals surface area contributed by atoms with Gasteiger partial charge in [-0.1, -0.05) is 107 Å². The Hall–Kier alpha value is -4.22. The molecule has 6 aromatic carbocycles. The van der Waals surface area contributed by atoms with Crippen LogP contribution >= 0.6 is 17.8 Å². The van der Waals surface area contributed by atoms with Crippen LogP contribution in [-0.2, 0) is 0 Å². The number of anilines is 2. The molecule has 1 fully saturated rings. The van der Waals surface area contributed by atoms with Crippen molar-refractivity contribution in [3.63, 3.8) is 0 Å². The van der Waals surface area contributed by atoms with Crippen molar-refractivity contribution in [3.05, 3.63) is 152 Å². The molecule has 6 aromatic rings. The first-order valence-electron chi connectivity index (χ1n) is 18.4. The SMILES string of the molecule is Cc1cc(C)c(-c2cccc(-c3c(C)cc(C)cc3C)c2N2[P]N(c3c(-c4c(C)cc(C)cc4C)cccc3-c3c(C)cc(C)cc3C)[P]2)c(C)c1. The molecule has 4 heteroatoms. The average molecular weight is 717 g/mol. The number of rotatable bonds is 6. The highest BCUT2D eigenvalue weighted by atomic mass is 31.2. The number of para-hydroxylation sites is 2. The first kappa shape index (κ1) is 36.2. The Kier molecular flexibility index (Phi) is 9.71. The van der Waals surface area contributed by atoms with Gasteiger partial charge >= 0.3 is 0 Å². The Morgan fingerprint density at radius 1 is 0.308 bits per heavy atom. The van der Waals surface area contributed by atoms with Crippen LogP contribution in [0.5, 0.6) is 0 Å². The second-order valence-electron chi connectivity index (χ2n) is 15.3. The van der Waals surface area contributed by atoms with Crippen LogP contribution in [0.25, 0.3) is 44.5 Å². The summed E-state index contributed by atoms with van der Waals surface area (Å²) in [6, 6.07) is 32.6. The van der Waals surface area contributed by atoms with Gasteiger partial charge in [0.15, 0.2) is 17.8 Å². The van der Waals surface area contributed by atoms with E-state index >= 15 is 0 Å². The lowest BCUT2D eigenvalue weighted by Crippen LogP contribution is -2.26. The molecule has 52 heavy (non-hydrogen) atoms. The molecule has 0 saturated carbocycles. The van der Waals surface area contributed by atoms with Gasteiger partial charge in [0.25, 0.3) is 0 Å². The molecule has 1 aliphatic rings. The lowest BCUT2D eigenvalue weighted by atomic mass is 9.87. The van der Waals surface area contributed by atoms with Crippen molar-refractivity contribution >= 4 is 29.1 Å². The summed E-state index contributed by atoms with van der Waals surface area (Å²) in [4.78, 5) is 0. The van der Waals surface area contributed by atoms with Crippen LogP contribution in [0.3, 0.4) is 0 Å². The van der Waals surface area contributed by atoms with E-state index in [9.17, 15) is 0 Å². The van der Waals surface area contributed by atoms with Crippen molar-refractivity contribution in [2.24, 2.45) is 0 Å². The fourth-order valence-electron chi connectivity index (χ4n) is 9.09. The fourth-order valence-corrected chi connectivity index (χ4v) is 11.4. The topological polar surface area (TPSA) is 6.48 Å². The van der Waals surface area contributed by atoms with E-state index in [2.05, 4.69) is 177 Å². The van der Waals surface area contributed by atoms with Gasteiger partial charge in [-0.2, -0.15) is 0 Å². The number of benzene rings is 6. The molecule has 262 valence electrons. The van der Waals surface area contributed by atoms with E-state index in [1.807, 2.05) is 0 Å². The van der Waals surface area contributed by atoms with Gasteiger partial charge < -0.3 is 0 Å². The number of hydrogen-bond donors (Lipinski definition) is 0. The van der Waals surface area contributed by atoms with Gasteiger partial charge in [0.2, 0.25) is 0 Å². The molecule has 0 aromatic heterocycles. The highest BCUT2D eigenvalue weighted by Crippen LogP contribution is 2.65. The lowest BCUT2D eigenvalue weighted by molar-refractivity contribution is 1.30. The van der Waals surface area contributed by atoms with Crippen LogP contribution in [0.1, 0.15) is 66.8 Å². The second kappa shape index (κ2) is 14.0. The molecule has 0 bridgehead atoms. The molecule has 1 heterocycles. The molecule has 0 atom stereocenters. The highest BCUT2D eigenvalue weighted by molar-refractivity contribution is 7.78. The van der Waals surface area contributed by atoms with Crippen molar-refractivity contribution in [1.29, 1.82) is 0 Å². The summed E-state index contributed by atoms with van der Waals surface area (Å²) in [5.74, 6) is 0. The molecule has 0 N–H and O–H groups in total. The predicted molar refractivity (Wildman–Crippen MR) is 230 cm³/mol. The van der Waals surface area contributed by atoms with E-state index in [0.29, 0.717) is 0 Å². The number of nitrogens with zero attached hydrogens (tertiary/aromatic N) is 2. The minimum absolute atomic E-state index is 1.14. The van der Waals surface area contributed by atoms with Gasteiger partial charge in [0, 0.05) is 22.3 Å². The van der Waals surface area contributed by atoms with E-state index in [0.717, 1.165) is 17.8 Å². The summed E-state index contributed by atoms with van der Waals surface area (Å²) < 4.78 is 5.12. The highest BCUT2D eigenvalue weighted by Gasteiger charge is 2.37. The van der Waals surface area contributed by atoms with E-state index in [1.165, 1.54) is 123 Å². The van der Waals surface area contributed by atoms with Crippen molar-refractivity contribution in [2.75, 3.05) is 8.88 Å². The maximum absolute atomic E-state index is 2.56. The molecular formula is C48H50N2P2.